The van der Waals surface area contributed by atoms with E-state index < -0.39 is 0 Å². The van der Waals surface area contributed by atoms with Crippen molar-refractivity contribution < 1.29 is 9.59 Å². The van der Waals surface area contributed by atoms with Crippen LogP contribution in [0.4, 0.5) is 0 Å². The maximum atomic E-state index is 12.4. The number of aromatic nitrogens is 2. The van der Waals surface area contributed by atoms with Crippen LogP contribution in [0.2, 0.25) is 0 Å². The molecular weight excluding hydrogens is 408 g/mol. The van der Waals surface area contributed by atoms with E-state index in [2.05, 4.69) is 15.8 Å². The molecule has 0 radical (unpaired) electrons. The van der Waals surface area contributed by atoms with Crippen molar-refractivity contribution in [3.63, 3.8) is 0 Å². The molecule has 4 rings (SSSR count). The van der Waals surface area contributed by atoms with Crippen LogP contribution in [0.25, 0.3) is 10.2 Å². The molecule has 2 N–H and O–H groups in total. The standard InChI is InChI=1S/C20H22N4O3S2/c25-17(7-9-24-12-21-19-14(20(24)27)8-10-28-19)22-23-18(26)16-11-13-5-3-1-2-4-6-15(13)29-16/h8,10-12H,1-7,9H2,(H,22,25)(H,23,26). The summed E-state index contributed by atoms with van der Waals surface area (Å²) in [5.41, 5.74) is 6.03. The summed E-state index contributed by atoms with van der Waals surface area (Å²) in [7, 11) is 0. The summed E-state index contributed by atoms with van der Waals surface area (Å²) < 4.78 is 1.41. The van der Waals surface area contributed by atoms with E-state index in [0.29, 0.717) is 15.1 Å². The molecule has 152 valence electrons. The third kappa shape index (κ3) is 4.56. The van der Waals surface area contributed by atoms with Crippen molar-refractivity contribution in [2.24, 2.45) is 0 Å². The van der Waals surface area contributed by atoms with Crippen LogP contribution in [-0.4, -0.2) is 21.4 Å². The molecule has 1 aliphatic carbocycles. The number of hydrogen-bond acceptors (Lipinski definition) is 6. The van der Waals surface area contributed by atoms with E-state index in [4.69, 9.17) is 0 Å². The second-order valence-electron chi connectivity index (χ2n) is 7.11. The summed E-state index contributed by atoms with van der Waals surface area (Å²) in [6.07, 6.45) is 8.37. The minimum Gasteiger partial charge on any atom is -0.298 e. The summed E-state index contributed by atoms with van der Waals surface area (Å²) in [5.74, 6) is -0.654. The van der Waals surface area contributed by atoms with Crippen LogP contribution in [0.15, 0.2) is 28.6 Å². The molecule has 3 aromatic heterocycles. The average Bonchev–Trinajstić information content (AvgIpc) is 3.33. The van der Waals surface area contributed by atoms with E-state index >= 15 is 0 Å². The molecule has 1 aliphatic rings. The molecule has 2 amide bonds. The zero-order valence-electron chi connectivity index (χ0n) is 15.9. The van der Waals surface area contributed by atoms with Crippen molar-refractivity contribution in [3.05, 3.63) is 49.5 Å². The van der Waals surface area contributed by atoms with Crippen molar-refractivity contribution in [3.8, 4) is 0 Å². The Kier molecular flexibility index (Phi) is 6.05. The fourth-order valence-corrected chi connectivity index (χ4v) is 5.35. The fourth-order valence-electron chi connectivity index (χ4n) is 3.48. The number of aryl methyl sites for hydroxylation is 3. The van der Waals surface area contributed by atoms with E-state index in [1.54, 1.807) is 6.07 Å². The molecule has 0 fully saturated rings. The van der Waals surface area contributed by atoms with Gasteiger partial charge in [0.2, 0.25) is 5.91 Å². The number of hydrogen-bond donors (Lipinski definition) is 2. The normalized spacial score (nSPS) is 14.1. The monoisotopic (exact) mass is 430 g/mol. The first-order valence-corrected chi connectivity index (χ1v) is 11.4. The van der Waals surface area contributed by atoms with E-state index in [-0.39, 0.29) is 30.3 Å². The maximum Gasteiger partial charge on any atom is 0.279 e. The number of fused-ring (bicyclic) bond motifs is 2. The second kappa shape index (κ2) is 8.87. The van der Waals surface area contributed by atoms with Gasteiger partial charge in [0.15, 0.2) is 0 Å². The molecule has 29 heavy (non-hydrogen) atoms. The highest BCUT2D eigenvalue weighted by Crippen LogP contribution is 2.28. The number of nitrogens with zero attached hydrogens (tertiary/aromatic N) is 2. The van der Waals surface area contributed by atoms with E-state index in [1.807, 2.05) is 11.4 Å². The quantitative estimate of drug-likeness (QED) is 0.622. The lowest BCUT2D eigenvalue weighted by Crippen LogP contribution is -2.41. The Morgan fingerprint density at radius 1 is 1.14 bits per heavy atom. The third-order valence-electron chi connectivity index (χ3n) is 5.07. The predicted octanol–water partition coefficient (Wildman–Crippen LogP) is 3.03. The minimum absolute atomic E-state index is 0.0679. The predicted molar refractivity (Wildman–Crippen MR) is 114 cm³/mol. The van der Waals surface area contributed by atoms with Gasteiger partial charge in [0.05, 0.1) is 16.6 Å². The largest absolute Gasteiger partial charge is 0.298 e. The number of rotatable bonds is 4. The number of carbonyl (C=O) groups is 2. The molecular formula is C20H22N4O3S2. The van der Waals surface area contributed by atoms with Gasteiger partial charge in [-0.25, -0.2) is 4.98 Å². The van der Waals surface area contributed by atoms with E-state index in [9.17, 15) is 14.4 Å². The molecule has 0 aliphatic heterocycles. The Hall–Kier alpha value is -2.52. The molecule has 0 saturated carbocycles. The maximum absolute atomic E-state index is 12.4. The van der Waals surface area contributed by atoms with Crippen LogP contribution in [0, 0.1) is 0 Å². The van der Waals surface area contributed by atoms with Gasteiger partial charge in [0.1, 0.15) is 4.83 Å². The van der Waals surface area contributed by atoms with Crippen molar-refractivity contribution in [2.75, 3.05) is 0 Å². The molecule has 7 nitrogen and oxygen atoms in total. The molecule has 0 saturated heterocycles. The number of hydrazine groups is 1. The Morgan fingerprint density at radius 2 is 1.97 bits per heavy atom. The van der Waals surface area contributed by atoms with Gasteiger partial charge in [0, 0.05) is 17.8 Å². The molecule has 3 heterocycles. The van der Waals surface area contributed by atoms with Crippen LogP contribution < -0.4 is 16.4 Å². The minimum atomic E-state index is -0.356. The van der Waals surface area contributed by atoms with Gasteiger partial charge >= 0.3 is 0 Å². The highest BCUT2D eigenvalue weighted by molar-refractivity contribution is 7.16. The fraction of sp³-hybridized carbons (Fsp3) is 0.400. The van der Waals surface area contributed by atoms with Gasteiger partial charge in [-0.15, -0.1) is 22.7 Å². The lowest BCUT2D eigenvalue weighted by atomic mass is 10.00. The third-order valence-corrected chi connectivity index (χ3v) is 7.12. The van der Waals surface area contributed by atoms with Crippen LogP contribution >= 0.6 is 22.7 Å². The molecule has 0 spiro atoms. The number of nitrogens with one attached hydrogen (secondary N) is 2. The Bertz CT molecular complexity index is 1070. The first-order valence-electron chi connectivity index (χ1n) is 9.75. The molecule has 0 atom stereocenters. The molecule has 9 heteroatoms. The lowest BCUT2D eigenvalue weighted by molar-refractivity contribution is -0.122. The van der Waals surface area contributed by atoms with Gasteiger partial charge < -0.3 is 0 Å². The van der Waals surface area contributed by atoms with E-state index in [0.717, 1.165) is 25.7 Å². The zero-order chi connectivity index (χ0) is 20.2. The second-order valence-corrected chi connectivity index (χ2v) is 9.14. The Balaban J connectivity index is 1.31. The smallest absolute Gasteiger partial charge is 0.279 e. The number of amides is 2. The van der Waals surface area contributed by atoms with Gasteiger partial charge in [-0.1, -0.05) is 12.8 Å². The molecule has 3 aromatic rings. The SMILES string of the molecule is O=C(CCn1cnc2sccc2c1=O)NNC(=O)c1cc2c(s1)CCCCCC2. The number of carbonyl (C=O) groups excluding carboxylic acids is 2. The van der Waals surface area contributed by atoms with Gasteiger partial charge in [-0.3, -0.25) is 29.8 Å². The summed E-state index contributed by atoms with van der Waals surface area (Å²) >= 11 is 2.92. The van der Waals surface area contributed by atoms with Gasteiger partial charge in [-0.2, -0.15) is 0 Å². The van der Waals surface area contributed by atoms with Gasteiger partial charge in [-0.05, 0) is 48.8 Å². The Labute approximate surface area is 175 Å². The highest BCUT2D eigenvalue weighted by atomic mass is 32.1. The highest BCUT2D eigenvalue weighted by Gasteiger charge is 2.16. The van der Waals surface area contributed by atoms with Crippen molar-refractivity contribution in [2.45, 2.75) is 51.5 Å². The first-order chi connectivity index (χ1) is 14.1. The molecule has 0 unspecified atom stereocenters. The molecule has 0 bridgehead atoms. The van der Waals surface area contributed by atoms with Crippen molar-refractivity contribution in [1.29, 1.82) is 0 Å². The topological polar surface area (TPSA) is 93.1 Å². The van der Waals surface area contributed by atoms with Crippen LogP contribution in [0.3, 0.4) is 0 Å². The average molecular weight is 431 g/mol. The summed E-state index contributed by atoms with van der Waals surface area (Å²) in [5, 5.41) is 2.37. The molecule has 0 aromatic carbocycles. The first kappa shape index (κ1) is 19.8. The summed E-state index contributed by atoms with van der Waals surface area (Å²) in [4.78, 5) is 43.7. The van der Waals surface area contributed by atoms with Gasteiger partial charge in [0.25, 0.3) is 11.5 Å². The summed E-state index contributed by atoms with van der Waals surface area (Å²) in [6.45, 7) is 0.201. The van der Waals surface area contributed by atoms with Crippen LogP contribution in [-0.2, 0) is 24.2 Å². The zero-order valence-corrected chi connectivity index (χ0v) is 17.5. The van der Waals surface area contributed by atoms with E-state index in [1.165, 1.54) is 56.9 Å². The number of thiophene rings is 2. The lowest BCUT2D eigenvalue weighted by Gasteiger charge is -2.07. The Morgan fingerprint density at radius 3 is 2.83 bits per heavy atom. The van der Waals surface area contributed by atoms with Crippen LogP contribution in [0.1, 0.15) is 52.2 Å². The summed E-state index contributed by atoms with van der Waals surface area (Å²) in [6, 6.07) is 3.69. The van der Waals surface area contributed by atoms with Crippen molar-refractivity contribution in [1.82, 2.24) is 20.4 Å². The van der Waals surface area contributed by atoms with Crippen molar-refractivity contribution >= 4 is 44.7 Å². The van der Waals surface area contributed by atoms with Crippen LogP contribution in [0.5, 0.6) is 0 Å².